The molecule has 1 unspecified atom stereocenters. The van der Waals surface area contributed by atoms with Crippen LogP contribution in [0.1, 0.15) is 18.4 Å². The first-order valence-corrected chi connectivity index (χ1v) is 9.45. The average molecular weight is 350 g/mol. The van der Waals surface area contributed by atoms with E-state index in [-0.39, 0.29) is 0 Å². The molecule has 0 saturated carbocycles. The zero-order chi connectivity index (χ0) is 17.6. The zero-order valence-corrected chi connectivity index (χ0v) is 15.1. The van der Waals surface area contributed by atoms with E-state index in [4.69, 9.17) is 9.47 Å². The van der Waals surface area contributed by atoms with E-state index < -0.39 is 0 Å². The van der Waals surface area contributed by atoms with Crippen molar-refractivity contribution in [1.82, 2.24) is 9.88 Å². The number of nitrogens with zero attached hydrogens (tertiary/aromatic N) is 1. The van der Waals surface area contributed by atoms with E-state index >= 15 is 0 Å². The van der Waals surface area contributed by atoms with E-state index in [0.717, 1.165) is 38.4 Å². The van der Waals surface area contributed by atoms with Crippen molar-refractivity contribution in [3.63, 3.8) is 0 Å². The number of ether oxygens (including phenoxy) is 2. The summed E-state index contributed by atoms with van der Waals surface area (Å²) in [4.78, 5) is 5.71. The van der Waals surface area contributed by atoms with Crippen molar-refractivity contribution in [2.45, 2.75) is 25.5 Å². The van der Waals surface area contributed by atoms with E-state index in [1.54, 1.807) is 0 Å². The Hall–Kier alpha value is -2.30. The molecule has 1 aliphatic heterocycles. The molecule has 2 aromatic carbocycles. The molecule has 0 bridgehead atoms. The van der Waals surface area contributed by atoms with Crippen LogP contribution in [0.5, 0.6) is 5.75 Å². The predicted molar refractivity (Wildman–Crippen MR) is 104 cm³/mol. The van der Waals surface area contributed by atoms with E-state index in [2.05, 4.69) is 34.1 Å². The van der Waals surface area contributed by atoms with Crippen LogP contribution in [-0.2, 0) is 11.3 Å². The quantitative estimate of drug-likeness (QED) is 0.661. The number of rotatable bonds is 8. The van der Waals surface area contributed by atoms with Gasteiger partial charge in [0.15, 0.2) is 0 Å². The second-order valence-electron chi connectivity index (χ2n) is 6.93. The van der Waals surface area contributed by atoms with Crippen LogP contribution in [0.15, 0.2) is 60.8 Å². The molecule has 4 rings (SSSR count). The topological polar surface area (TPSA) is 37.5 Å². The molecule has 1 saturated heterocycles. The van der Waals surface area contributed by atoms with E-state index in [1.165, 1.54) is 22.9 Å². The van der Waals surface area contributed by atoms with Gasteiger partial charge >= 0.3 is 0 Å². The van der Waals surface area contributed by atoms with Gasteiger partial charge < -0.3 is 14.5 Å². The Bertz CT molecular complexity index is 809. The Morgan fingerprint density at radius 2 is 2.04 bits per heavy atom. The van der Waals surface area contributed by atoms with Crippen LogP contribution in [0.2, 0.25) is 0 Å². The Labute approximate surface area is 154 Å². The lowest BCUT2D eigenvalue weighted by Crippen LogP contribution is -2.35. The molecule has 1 atom stereocenters. The van der Waals surface area contributed by atoms with Crippen molar-refractivity contribution in [2.24, 2.45) is 0 Å². The molecule has 1 N–H and O–H groups in total. The highest BCUT2D eigenvalue weighted by Crippen LogP contribution is 2.18. The molecule has 2 heterocycles. The van der Waals surface area contributed by atoms with Gasteiger partial charge in [0.1, 0.15) is 12.4 Å². The van der Waals surface area contributed by atoms with Crippen LogP contribution in [0.3, 0.4) is 0 Å². The van der Waals surface area contributed by atoms with E-state index in [1.807, 2.05) is 36.5 Å². The lowest BCUT2D eigenvalue weighted by Gasteiger charge is -2.25. The molecule has 136 valence electrons. The molecule has 3 aromatic rings. The Kier molecular flexibility index (Phi) is 5.53. The van der Waals surface area contributed by atoms with Crippen LogP contribution in [0, 0.1) is 0 Å². The molecule has 4 heteroatoms. The number of para-hydroxylation sites is 1. The summed E-state index contributed by atoms with van der Waals surface area (Å²) in [6.07, 6.45) is 4.68. The molecule has 4 nitrogen and oxygen atoms in total. The molecule has 0 radical (unpaired) electrons. The van der Waals surface area contributed by atoms with Gasteiger partial charge in [0.2, 0.25) is 0 Å². The number of H-pyrrole nitrogens is 1. The number of fused-ring (bicyclic) bond motifs is 1. The number of hydrogen-bond acceptors (Lipinski definition) is 3. The van der Waals surface area contributed by atoms with Gasteiger partial charge in [-0.2, -0.15) is 0 Å². The molecule has 1 aliphatic rings. The molecular formula is C22H26N2O2. The molecule has 0 spiro atoms. The largest absolute Gasteiger partial charge is 0.492 e. The minimum Gasteiger partial charge on any atom is -0.492 e. The average Bonchev–Trinajstić information content (AvgIpc) is 3.34. The monoisotopic (exact) mass is 350 g/mol. The van der Waals surface area contributed by atoms with Crippen LogP contribution >= 0.6 is 0 Å². The van der Waals surface area contributed by atoms with Crippen LogP contribution < -0.4 is 4.74 Å². The third-order valence-electron chi connectivity index (χ3n) is 4.93. The SMILES string of the molecule is c1ccc(OCCN(Cc2ccc3[nH]ccc3c2)CC2CCCO2)cc1. The Morgan fingerprint density at radius 3 is 2.88 bits per heavy atom. The number of hydrogen-bond donors (Lipinski definition) is 1. The molecule has 0 amide bonds. The molecule has 1 fully saturated rings. The van der Waals surface area contributed by atoms with Gasteiger partial charge in [-0.3, -0.25) is 4.90 Å². The summed E-state index contributed by atoms with van der Waals surface area (Å²) in [6.45, 7) is 4.35. The molecular weight excluding hydrogens is 324 g/mol. The first-order valence-electron chi connectivity index (χ1n) is 9.45. The summed E-state index contributed by atoms with van der Waals surface area (Å²) >= 11 is 0. The first-order chi connectivity index (χ1) is 12.9. The van der Waals surface area contributed by atoms with Crippen molar-refractivity contribution >= 4 is 10.9 Å². The van der Waals surface area contributed by atoms with Gasteiger partial charge in [0.25, 0.3) is 0 Å². The smallest absolute Gasteiger partial charge is 0.119 e. The summed E-state index contributed by atoms with van der Waals surface area (Å²) in [7, 11) is 0. The first kappa shape index (κ1) is 17.1. The van der Waals surface area contributed by atoms with E-state index in [9.17, 15) is 0 Å². The van der Waals surface area contributed by atoms with Gasteiger partial charge in [-0.1, -0.05) is 24.3 Å². The Morgan fingerprint density at radius 1 is 1.12 bits per heavy atom. The van der Waals surface area contributed by atoms with Gasteiger partial charge in [-0.05, 0) is 54.1 Å². The maximum absolute atomic E-state index is 5.91. The minimum absolute atomic E-state index is 0.350. The van der Waals surface area contributed by atoms with Crippen LogP contribution in [0.4, 0.5) is 0 Å². The summed E-state index contributed by atoms with van der Waals surface area (Å²) < 4.78 is 11.8. The Balaban J connectivity index is 1.39. The highest BCUT2D eigenvalue weighted by Gasteiger charge is 2.19. The second-order valence-corrected chi connectivity index (χ2v) is 6.93. The number of nitrogens with one attached hydrogen (secondary N) is 1. The fourth-order valence-electron chi connectivity index (χ4n) is 3.58. The maximum Gasteiger partial charge on any atom is 0.119 e. The highest BCUT2D eigenvalue weighted by atomic mass is 16.5. The fraction of sp³-hybridized carbons (Fsp3) is 0.364. The third kappa shape index (κ3) is 4.45. The molecule has 0 aliphatic carbocycles. The van der Waals surface area contributed by atoms with Crippen molar-refractivity contribution in [2.75, 3.05) is 26.3 Å². The van der Waals surface area contributed by atoms with Gasteiger partial charge in [-0.25, -0.2) is 0 Å². The van der Waals surface area contributed by atoms with Crippen LogP contribution in [-0.4, -0.2) is 42.3 Å². The standard InChI is InChI=1S/C22H26N2O2/c1-2-5-20(6-3-1)26-14-12-24(17-21-7-4-13-25-21)16-18-8-9-22-19(15-18)10-11-23-22/h1-3,5-6,8-11,15,21,23H,4,7,12-14,16-17H2. The normalized spacial score (nSPS) is 17.2. The lowest BCUT2D eigenvalue weighted by atomic mass is 10.1. The van der Waals surface area contributed by atoms with E-state index in [0.29, 0.717) is 12.7 Å². The fourth-order valence-corrected chi connectivity index (χ4v) is 3.58. The van der Waals surface area contributed by atoms with Crippen molar-refractivity contribution in [1.29, 1.82) is 0 Å². The molecule has 26 heavy (non-hydrogen) atoms. The summed E-state index contributed by atoms with van der Waals surface area (Å²) in [5.41, 5.74) is 2.52. The van der Waals surface area contributed by atoms with Crippen molar-refractivity contribution in [3.05, 3.63) is 66.4 Å². The van der Waals surface area contributed by atoms with Crippen molar-refractivity contribution < 1.29 is 9.47 Å². The summed E-state index contributed by atoms with van der Waals surface area (Å²) in [6, 6.07) is 18.8. The van der Waals surface area contributed by atoms with Crippen molar-refractivity contribution in [3.8, 4) is 5.75 Å². The second kappa shape index (κ2) is 8.39. The predicted octanol–water partition coefficient (Wildman–Crippen LogP) is 4.23. The zero-order valence-electron chi connectivity index (χ0n) is 15.1. The summed E-state index contributed by atoms with van der Waals surface area (Å²) in [5.74, 6) is 0.929. The van der Waals surface area contributed by atoms with Crippen LogP contribution in [0.25, 0.3) is 10.9 Å². The van der Waals surface area contributed by atoms with Gasteiger partial charge in [0.05, 0.1) is 6.10 Å². The lowest BCUT2D eigenvalue weighted by molar-refractivity contribution is 0.0654. The van der Waals surface area contributed by atoms with Gasteiger partial charge in [-0.15, -0.1) is 0 Å². The minimum atomic E-state index is 0.350. The third-order valence-corrected chi connectivity index (χ3v) is 4.93. The number of aromatic amines is 1. The molecule has 1 aromatic heterocycles. The highest BCUT2D eigenvalue weighted by molar-refractivity contribution is 5.79. The number of aromatic nitrogens is 1. The number of benzene rings is 2. The maximum atomic E-state index is 5.91. The summed E-state index contributed by atoms with van der Waals surface area (Å²) in [5, 5.41) is 1.26. The van der Waals surface area contributed by atoms with Gasteiger partial charge in [0, 0.05) is 38.0 Å².